The lowest BCUT2D eigenvalue weighted by Gasteiger charge is -2.35. The monoisotopic (exact) mass is 282 g/mol. The van der Waals surface area contributed by atoms with Gasteiger partial charge in [-0.3, -0.25) is 0 Å². The number of nitrogens with one attached hydrogen (secondary N) is 1. The summed E-state index contributed by atoms with van der Waals surface area (Å²) in [5.74, 6) is 0. The maximum Gasteiger partial charge on any atom is 0.0513 e. The molecule has 0 aliphatic carbocycles. The molecule has 0 spiro atoms. The minimum absolute atomic E-state index is 0.626. The first-order valence-corrected chi connectivity index (χ1v) is 6.68. The molecule has 88 valence electrons. The van der Waals surface area contributed by atoms with Gasteiger partial charge >= 0.3 is 0 Å². The zero-order valence-corrected chi connectivity index (χ0v) is 11.5. The number of aryl methyl sites for hydroxylation is 1. The molecular weight excluding hydrogens is 264 g/mol. The summed E-state index contributed by atoms with van der Waals surface area (Å²) in [5, 5.41) is 3.38. The number of benzene rings is 1. The molecule has 1 atom stereocenters. The summed E-state index contributed by atoms with van der Waals surface area (Å²) in [6.07, 6.45) is 2.56. The lowest BCUT2D eigenvalue weighted by molar-refractivity contribution is 0.449. The van der Waals surface area contributed by atoms with Gasteiger partial charge in [0.1, 0.15) is 0 Å². The molecule has 1 aromatic carbocycles. The van der Waals surface area contributed by atoms with E-state index in [0.717, 1.165) is 6.54 Å². The summed E-state index contributed by atoms with van der Waals surface area (Å²) in [6, 6.07) is 7.18. The Balaban J connectivity index is 2.19. The predicted octanol–water partition coefficient (Wildman–Crippen LogP) is 2.95. The Labute approximate surface area is 106 Å². The van der Waals surface area contributed by atoms with Crippen molar-refractivity contribution >= 4 is 21.6 Å². The van der Waals surface area contributed by atoms with Crippen LogP contribution in [0.15, 0.2) is 22.7 Å². The third-order valence-electron chi connectivity index (χ3n) is 3.27. The lowest BCUT2D eigenvalue weighted by atomic mass is 10.0. The molecule has 16 heavy (non-hydrogen) atoms. The smallest absolute Gasteiger partial charge is 0.0513 e. The third kappa shape index (κ3) is 2.58. The van der Waals surface area contributed by atoms with Gasteiger partial charge in [0.15, 0.2) is 0 Å². The molecule has 1 fully saturated rings. The first-order valence-electron chi connectivity index (χ1n) is 5.89. The molecule has 1 aromatic rings. The van der Waals surface area contributed by atoms with Crippen LogP contribution in [0.2, 0.25) is 0 Å². The van der Waals surface area contributed by atoms with Gasteiger partial charge in [-0.25, -0.2) is 0 Å². The average Bonchev–Trinajstić information content (AvgIpc) is 2.32. The molecule has 0 aromatic heterocycles. The first-order chi connectivity index (χ1) is 7.70. The van der Waals surface area contributed by atoms with Crippen LogP contribution in [-0.4, -0.2) is 26.2 Å². The van der Waals surface area contributed by atoms with E-state index in [1.165, 1.54) is 35.1 Å². The van der Waals surface area contributed by atoms with Gasteiger partial charge in [-0.2, -0.15) is 0 Å². The number of nitrogens with zero attached hydrogens (tertiary/aromatic N) is 1. The Hall–Kier alpha value is -0.540. The standard InChI is InChI=1S/C13H19BrN2/c1-10-5-6-12(14)13(8-10)16-7-3-4-11(9-16)15-2/h5-6,8,11,15H,3-4,7,9H2,1-2H3. The van der Waals surface area contributed by atoms with Crippen molar-refractivity contribution in [1.82, 2.24) is 5.32 Å². The van der Waals surface area contributed by atoms with Crippen molar-refractivity contribution in [3.05, 3.63) is 28.2 Å². The summed E-state index contributed by atoms with van der Waals surface area (Å²) in [4.78, 5) is 2.47. The minimum Gasteiger partial charge on any atom is -0.369 e. The van der Waals surface area contributed by atoms with Crippen LogP contribution in [0, 0.1) is 6.92 Å². The van der Waals surface area contributed by atoms with Crippen molar-refractivity contribution in [2.45, 2.75) is 25.8 Å². The second kappa shape index (κ2) is 5.19. The van der Waals surface area contributed by atoms with Crippen LogP contribution in [0.5, 0.6) is 0 Å². The van der Waals surface area contributed by atoms with Crippen molar-refractivity contribution in [3.63, 3.8) is 0 Å². The molecule has 1 unspecified atom stereocenters. The second-order valence-electron chi connectivity index (χ2n) is 4.53. The Morgan fingerprint density at radius 3 is 3.00 bits per heavy atom. The fourth-order valence-electron chi connectivity index (χ4n) is 2.30. The molecule has 3 heteroatoms. The highest BCUT2D eigenvalue weighted by Crippen LogP contribution is 2.29. The number of anilines is 1. The van der Waals surface area contributed by atoms with Crippen LogP contribution >= 0.6 is 15.9 Å². The van der Waals surface area contributed by atoms with E-state index in [1.807, 2.05) is 0 Å². The highest BCUT2D eigenvalue weighted by atomic mass is 79.9. The van der Waals surface area contributed by atoms with E-state index < -0.39 is 0 Å². The van der Waals surface area contributed by atoms with Crippen molar-refractivity contribution in [3.8, 4) is 0 Å². The summed E-state index contributed by atoms with van der Waals surface area (Å²) >= 11 is 3.65. The van der Waals surface area contributed by atoms with Crippen molar-refractivity contribution in [1.29, 1.82) is 0 Å². The van der Waals surface area contributed by atoms with E-state index in [9.17, 15) is 0 Å². The van der Waals surface area contributed by atoms with Crippen molar-refractivity contribution in [2.24, 2.45) is 0 Å². The lowest BCUT2D eigenvalue weighted by Crippen LogP contribution is -2.44. The predicted molar refractivity (Wildman–Crippen MR) is 73.2 cm³/mol. The van der Waals surface area contributed by atoms with Gasteiger partial charge in [0.2, 0.25) is 0 Å². The Morgan fingerprint density at radius 1 is 1.44 bits per heavy atom. The molecule has 1 aliphatic heterocycles. The van der Waals surface area contributed by atoms with Crippen LogP contribution in [0.25, 0.3) is 0 Å². The molecule has 1 saturated heterocycles. The quantitative estimate of drug-likeness (QED) is 0.897. The van der Waals surface area contributed by atoms with Crippen LogP contribution < -0.4 is 10.2 Å². The molecule has 0 saturated carbocycles. The molecule has 0 radical (unpaired) electrons. The molecular formula is C13H19BrN2. The number of likely N-dealkylation sites (N-methyl/N-ethyl adjacent to an activating group) is 1. The average molecular weight is 283 g/mol. The fraction of sp³-hybridized carbons (Fsp3) is 0.538. The van der Waals surface area contributed by atoms with E-state index in [0.29, 0.717) is 6.04 Å². The summed E-state index contributed by atoms with van der Waals surface area (Å²) < 4.78 is 1.20. The summed E-state index contributed by atoms with van der Waals surface area (Å²) in [6.45, 7) is 4.42. The molecule has 2 rings (SSSR count). The topological polar surface area (TPSA) is 15.3 Å². The van der Waals surface area contributed by atoms with E-state index >= 15 is 0 Å². The highest BCUT2D eigenvalue weighted by molar-refractivity contribution is 9.10. The zero-order chi connectivity index (χ0) is 11.5. The number of hydrogen-bond acceptors (Lipinski definition) is 2. The van der Waals surface area contributed by atoms with Gasteiger partial charge in [-0.15, -0.1) is 0 Å². The highest BCUT2D eigenvalue weighted by Gasteiger charge is 2.19. The van der Waals surface area contributed by atoms with Crippen LogP contribution in [0.3, 0.4) is 0 Å². The van der Waals surface area contributed by atoms with Gasteiger partial charge in [-0.1, -0.05) is 6.07 Å². The molecule has 0 bridgehead atoms. The number of halogens is 1. The number of hydrogen-bond donors (Lipinski definition) is 1. The number of rotatable bonds is 2. The van der Waals surface area contributed by atoms with Crippen LogP contribution in [0.4, 0.5) is 5.69 Å². The third-order valence-corrected chi connectivity index (χ3v) is 3.94. The van der Waals surface area contributed by atoms with E-state index in [2.05, 4.69) is 58.3 Å². The Kier molecular flexibility index (Phi) is 3.87. The first kappa shape index (κ1) is 11.9. The van der Waals surface area contributed by atoms with Crippen LogP contribution in [0.1, 0.15) is 18.4 Å². The van der Waals surface area contributed by atoms with Gasteiger partial charge in [-0.05, 0) is 60.4 Å². The maximum atomic E-state index is 3.65. The van der Waals surface area contributed by atoms with Gasteiger partial charge < -0.3 is 10.2 Å². The minimum atomic E-state index is 0.626. The van der Waals surface area contributed by atoms with Gasteiger partial charge in [0, 0.05) is 23.6 Å². The fourth-order valence-corrected chi connectivity index (χ4v) is 2.79. The van der Waals surface area contributed by atoms with Gasteiger partial charge in [0.25, 0.3) is 0 Å². The SMILES string of the molecule is CNC1CCCN(c2cc(C)ccc2Br)C1. The molecule has 1 heterocycles. The zero-order valence-electron chi connectivity index (χ0n) is 9.96. The van der Waals surface area contributed by atoms with Crippen molar-refractivity contribution < 1.29 is 0 Å². The van der Waals surface area contributed by atoms with E-state index in [4.69, 9.17) is 0 Å². The molecule has 2 nitrogen and oxygen atoms in total. The van der Waals surface area contributed by atoms with Crippen LogP contribution in [-0.2, 0) is 0 Å². The summed E-state index contributed by atoms with van der Waals surface area (Å²) in [5.41, 5.74) is 2.66. The van der Waals surface area contributed by atoms with Gasteiger partial charge in [0.05, 0.1) is 5.69 Å². The molecule has 1 N–H and O–H groups in total. The number of piperidine rings is 1. The Bertz CT molecular complexity index is 365. The largest absolute Gasteiger partial charge is 0.369 e. The summed E-state index contributed by atoms with van der Waals surface area (Å²) in [7, 11) is 2.06. The van der Waals surface area contributed by atoms with Crippen molar-refractivity contribution in [2.75, 3.05) is 25.0 Å². The van der Waals surface area contributed by atoms with E-state index in [-0.39, 0.29) is 0 Å². The van der Waals surface area contributed by atoms with E-state index in [1.54, 1.807) is 0 Å². The Morgan fingerprint density at radius 2 is 2.25 bits per heavy atom. The normalized spacial score (nSPS) is 21.2. The maximum absolute atomic E-state index is 3.65. The second-order valence-corrected chi connectivity index (χ2v) is 5.38. The molecule has 0 amide bonds. The molecule has 1 aliphatic rings.